The van der Waals surface area contributed by atoms with Gasteiger partial charge < -0.3 is 9.84 Å². The first kappa shape index (κ1) is 39.6. The highest BCUT2D eigenvalue weighted by molar-refractivity contribution is 8.76. The molecule has 238 valence electrons. The van der Waals surface area contributed by atoms with E-state index >= 15 is 0 Å². The Morgan fingerprint density at radius 2 is 0.775 bits per heavy atom. The largest absolute Gasteiger partial charge is 0.481 e. The molecule has 0 aromatic rings. The van der Waals surface area contributed by atoms with Crippen molar-refractivity contribution in [2.75, 3.05) is 18.1 Å². The summed E-state index contributed by atoms with van der Waals surface area (Å²) in [5.74, 6) is 0.353. The van der Waals surface area contributed by atoms with E-state index in [9.17, 15) is 9.59 Å². The van der Waals surface area contributed by atoms with E-state index in [-0.39, 0.29) is 12.4 Å². The second kappa shape index (κ2) is 34.8. The van der Waals surface area contributed by atoms with Crippen LogP contribution in [-0.4, -0.2) is 35.2 Å². The maximum absolute atomic E-state index is 11.7. The molecule has 0 rings (SSSR count). The van der Waals surface area contributed by atoms with Crippen LogP contribution in [0.15, 0.2) is 0 Å². The van der Waals surface area contributed by atoms with Gasteiger partial charge in [0.1, 0.15) is 0 Å². The summed E-state index contributed by atoms with van der Waals surface area (Å²) >= 11 is 0. The van der Waals surface area contributed by atoms with Crippen molar-refractivity contribution < 1.29 is 19.4 Å². The summed E-state index contributed by atoms with van der Waals surface area (Å²) in [5.41, 5.74) is 0. The quantitative estimate of drug-likeness (QED) is 0.0449. The molecule has 0 amide bonds. The summed E-state index contributed by atoms with van der Waals surface area (Å²) in [6, 6.07) is 0. The molecule has 0 bridgehead atoms. The van der Waals surface area contributed by atoms with Gasteiger partial charge in [-0.05, 0) is 6.42 Å². The number of carboxylic acid groups (broad SMARTS) is 1. The minimum absolute atomic E-state index is 0.133. The SMILES string of the molecule is CCCCCCCCCCCCCCCCCCCCCCCCCCCCOC(=O)CCSSCCC(=O)O. The topological polar surface area (TPSA) is 63.6 Å². The van der Waals surface area contributed by atoms with Gasteiger partial charge in [0.05, 0.1) is 19.4 Å². The van der Waals surface area contributed by atoms with Crippen LogP contribution in [0.25, 0.3) is 0 Å². The molecule has 0 atom stereocenters. The summed E-state index contributed by atoms with van der Waals surface area (Å²) in [6.07, 6.45) is 36.8. The van der Waals surface area contributed by atoms with Crippen LogP contribution in [0.1, 0.15) is 187 Å². The number of carbonyl (C=O) groups excluding carboxylic acids is 1. The fourth-order valence-electron chi connectivity index (χ4n) is 5.05. The molecule has 1 N–H and O–H groups in total. The van der Waals surface area contributed by atoms with Crippen LogP contribution in [-0.2, 0) is 14.3 Å². The van der Waals surface area contributed by atoms with E-state index < -0.39 is 5.97 Å². The van der Waals surface area contributed by atoms with Gasteiger partial charge in [0.2, 0.25) is 0 Å². The van der Waals surface area contributed by atoms with E-state index in [1.165, 1.54) is 165 Å². The lowest BCUT2D eigenvalue weighted by Crippen LogP contribution is -2.06. The molecule has 0 aliphatic heterocycles. The Morgan fingerprint density at radius 1 is 0.475 bits per heavy atom. The highest BCUT2D eigenvalue weighted by Crippen LogP contribution is 2.23. The number of hydrogen-bond donors (Lipinski definition) is 1. The summed E-state index contributed by atoms with van der Waals surface area (Å²) in [4.78, 5) is 22.1. The molecule has 0 aliphatic carbocycles. The minimum atomic E-state index is -0.775. The molecular weight excluding hydrogens is 537 g/mol. The molecule has 0 aromatic carbocycles. The summed E-state index contributed by atoms with van der Waals surface area (Å²) < 4.78 is 5.29. The number of esters is 1. The summed E-state index contributed by atoms with van der Waals surface area (Å²) in [5, 5.41) is 8.58. The Bertz CT molecular complexity index is 530. The molecular formula is C34H66O4S2. The van der Waals surface area contributed by atoms with E-state index in [0.29, 0.717) is 24.5 Å². The molecule has 40 heavy (non-hydrogen) atoms. The van der Waals surface area contributed by atoms with Crippen LogP contribution in [0.2, 0.25) is 0 Å². The van der Waals surface area contributed by atoms with Gasteiger partial charge in [-0.2, -0.15) is 0 Å². The first-order valence-corrected chi connectivity index (χ1v) is 19.8. The third-order valence-electron chi connectivity index (χ3n) is 7.63. The van der Waals surface area contributed by atoms with Crippen LogP contribution < -0.4 is 0 Å². The van der Waals surface area contributed by atoms with Crippen LogP contribution in [0, 0.1) is 0 Å². The van der Waals surface area contributed by atoms with Crippen molar-refractivity contribution in [2.45, 2.75) is 187 Å². The number of aliphatic carboxylic acids is 1. The smallest absolute Gasteiger partial charge is 0.306 e. The number of ether oxygens (including phenoxy) is 1. The normalized spacial score (nSPS) is 11.2. The maximum Gasteiger partial charge on any atom is 0.306 e. The molecule has 0 aromatic heterocycles. The number of rotatable bonds is 34. The summed E-state index contributed by atoms with van der Waals surface area (Å²) in [7, 11) is 3.05. The van der Waals surface area contributed by atoms with Crippen molar-refractivity contribution in [3.8, 4) is 0 Å². The Morgan fingerprint density at radius 3 is 1.10 bits per heavy atom. The highest BCUT2D eigenvalue weighted by atomic mass is 33.1. The number of carbonyl (C=O) groups is 2. The van der Waals surface area contributed by atoms with E-state index in [0.717, 1.165) is 12.8 Å². The monoisotopic (exact) mass is 602 g/mol. The highest BCUT2D eigenvalue weighted by Gasteiger charge is 2.04. The van der Waals surface area contributed by atoms with Gasteiger partial charge in [-0.15, -0.1) is 0 Å². The lowest BCUT2D eigenvalue weighted by Gasteiger charge is -2.05. The molecule has 0 heterocycles. The van der Waals surface area contributed by atoms with Crippen molar-refractivity contribution in [1.29, 1.82) is 0 Å². The Kier molecular flexibility index (Phi) is 34.5. The molecule has 0 aliphatic rings. The zero-order chi connectivity index (χ0) is 29.2. The van der Waals surface area contributed by atoms with Crippen molar-refractivity contribution in [1.82, 2.24) is 0 Å². The van der Waals surface area contributed by atoms with Gasteiger partial charge in [-0.3, -0.25) is 9.59 Å². The second-order valence-corrected chi connectivity index (χ2v) is 14.3. The Hall–Kier alpha value is -0.360. The zero-order valence-electron chi connectivity index (χ0n) is 26.4. The van der Waals surface area contributed by atoms with Gasteiger partial charge in [0, 0.05) is 11.5 Å². The van der Waals surface area contributed by atoms with E-state index in [1.54, 1.807) is 10.8 Å². The third kappa shape index (κ3) is 35.7. The lowest BCUT2D eigenvalue weighted by molar-refractivity contribution is -0.143. The number of hydrogen-bond acceptors (Lipinski definition) is 5. The molecule has 0 spiro atoms. The predicted molar refractivity (Wildman–Crippen MR) is 178 cm³/mol. The van der Waals surface area contributed by atoms with Gasteiger partial charge in [0.15, 0.2) is 0 Å². The van der Waals surface area contributed by atoms with Crippen LogP contribution in [0.5, 0.6) is 0 Å². The van der Waals surface area contributed by atoms with Crippen LogP contribution >= 0.6 is 21.6 Å². The number of carboxylic acids is 1. The Balaban J connectivity index is 3.11. The fourth-order valence-corrected chi connectivity index (χ4v) is 7.00. The van der Waals surface area contributed by atoms with Crippen molar-refractivity contribution >= 4 is 33.5 Å². The standard InChI is InChI=1S/C34H66O4S2/c1-2-3-4-5-6-7-8-9-10-11-12-13-14-15-16-17-18-19-20-21-22-23-24-25-26-27-30-38-34(37)29-32-40-39-31-28-33(35)36/h2-32H2,1H3,(H,35,36). The molecule has 6 heteroatoms. The van der Waals surface area contributed by atoms with Crippen LogP contribution in [0.3, 0.4) is 0 Å². The molecule has 0 unspecified atom stereocenters. The van der Waals surface area contributed by atoms with E-state index in [2.05, 4.69) is 6.92 Å². The second-order valence-electron chi connectivity index (χ2n) is 11.6. The predicted octanol–water partition coefficient (Wildman–Crippen LogP) is 11.9. The average Bonchev–Trinajstić information content (AvgIpc) is 2.94. The van der Waals surface area contributed by atoms with Gasteiger partial charge >= 0.3 is 11.9 Å². The van der Waals surface area contributed by atoms with Crippen LogP contribution in [0.4, 0.5) is 0 Å². The Labute approximate surface area is 257 Å². The first-order chi connectivity index (χ1) is 19.7. The van der Waals surface area contributed by atoms with Gasteiger partial charge in [-0.1, -0.05) is 189 Å². The molecule has 0 saturated carbocycles. The fraction of sp³-hybridized carbons (Fsp3) is 0.941. The third-order valence-corrected chi connectivity index (χ3v) is 10.0. The van der Waals surface area contributed by atoms with Crippen molar-refractivity contribution in [2.24, 2.45) is 0 Å². The maximum atomic E-state index is 11.7. The molecule has 0 saturated heterocycles. The van der Waals surface area contributed by atoms with Gasteiger partial charge in [0.25, 0.3) is 0 Å². The van der Waals surface area contributed by atoms with Gasteiger partial charge in [-0.25, -0.2) is 0 Å². The lowest BCUT2D eigenvalue weighted by atomic mass is 10.0. The number of unbranched alkanes of at least 4 members (excludes halogenated alkanes) is 25. The summed E-state index contributed by atoms with van der Waals surface area (Å²) in [6.45, 7) is 2.83. The molecule has 0 radical (unpaired) electrons. The van der Waals surface area contributed by atoms with E-state index in [1.807, 2.05) is 0 Å². The average molecular weight is 603 g/mol. The molecule has 4 nitrogen and oxygen atoms in total. The van der Waals surface area contributed by atoms with Crippen molar-refractivity contribution in [3.05, 3.63) is 0 Å². The van der Waals surface area contributed by atoms with E-state index in [4.69, 9.17) is 9.84 Å². The zero-order valence-corrected chi connectivity index (χ0v) is 28.0. The van der Waals surface area contributed by atoms with Crippen molar-refractivity contribution in [3.63, 3.8) is 0 Å². The first-order valence-electron chi connectivity index (χ1n) is 17.3. The molecule has 0 fully saturated rings. The minimum Gasteiger partial charge on any atom is -0.481 e.